The van der Waals surface area contributed by atoms with Gasteiger partial charge in [-0.2, -0.15) is 0 Å². The van der Waals surface area contributed by atoms with Crippen molar-refractivity contribution >= 4 is 17.9 Å². The lowest BCUT2D eigenvalue weighted by Gasteiger charge is -2.18. The molecule has 0 aliphatic heterocycles. The van der Waals surface area contributed by atoms with Gasteiger partial charge in [0.05, 0.1) is 0 Å². The van der Waals surface area contributed by atoms with Crippen LogP contribution in [0.2, 0.25) is 0 Å². The molecule has 66 heavy (non-hydrogen) atoms. The van der Waals surface area contributed by atoms with E-state index in [1.54, 1.807) is 0 Å². The van der Waals surface area contributed by atoms with E-state index >= 15 is 0 Å². The van der Waals surface area contributed by atoms with Crippen molar-refractivity contribution in [3.8, 4) is 0 Å². The monoisotopic (exact) mass is 913 g/mol. The molecule has 0 aliphatic carbocycles. The first-order valence-corrected chi connectivity index (χ1v) is 26.6. The lowest BCUT2D eigenvalue weighted by Crippen LogP contribution is -2.30. The Kier molecular flexibility index (Phi) is 50.0. The summed E-state index contributed by atoms with van der Waals surface area (Å²) in [4.78, 5) is 38.0. The number of allylic oxidation sites excluding steroid dienone is 20. The van der Waals surface area contributed by atoms with Crippen molar-refractivity contribution in [1.29, 1.82) is 0 Å². The molecule has 6 nitrogen and oxygen atoms in total. The number of hydrogen-bond acceptors (Lipinski definition) is 6. The van der Waals surface area contributed by atoms with E-state index in [0.717, 1.165) is 96.3 Å². The summed E-state index contributed by atoms with van der Waals surface area (Å²) in [6.45, 7) is 6.29. The summed E-state index contributed by atoms with van der Waals surface area (Å²) in [6.07, 6.45) is 73.3. The van der Waals surface area contributed by atoms with Gasteiger partial charge < -0.3 is 14.2 Å². The van der Waals surface area contributed by atoms with Gasteiger partial charge in [0.15, 0.2) is 6.10 Å². The molecule has 0 saturated heterocycles. The molecule has 0 aromatic rings. The minimum atomic E-state index is -0.824. The summed E-state index contributed by atoms with van der Waals surface area (Å²) in [5.41, 5.74) is 0. The zero-order chi connectivity index (χ0) is 47.9. The number of rotatable bonds is 46. The van der Waals surface area contributed by atoms with E-state index in [2.05, 4.69) is 142 Å². The van der Waals surface area contributed by atoms with Crippen molar-refractivity contribution in [3.63, 3.8) is 0 Å². The van der Waals surface area contributed by atoms with Crippen LogP contribution in [0.25, 0.3) is 0 Å². The van der Waals surface area contributed by atoms with Crippen molar-refractivity contribution in [1.82, 2.24) is 0 Å². The van der Waals surface area contributed by atoms with Gasteiger partial charge in [-0.05, 0) is 109 Å². The molecule has 0 aromatic carbocycles. The van der Waals surface area contributed by atoms with Gasteiger partial charge in [-0.25, -0.2) is 0 Å². The summed E-state index contributed by atoms with van der Waals surface area (Å²) in [7, 11) is 0. The van der Waals surface area contributed by atoms with Crippen LogP contribution in [-0.2, 0) is 28.6 Å². The molecule has 0 amide bonds. The standard InChI is InChI=1S/C60H96O6/c1-4-7-10-13-16-19-22-25-28-30-33-35-38-41-44-47-50-53-59(62)65-56-57(55-64-58(61)52-49-46-43-40-37-34-31-27-24-21-18-15-12-9-6-3)66-60(63)54-51-48-45-42-39-36-32-29-26-23-20-17-14-11-8-5-2/h8-9,11-12,15,17-18,20-21,24-26,28-29,33,35-36,39,41,44,57H,4-7,10,13-14,16,19,22-23,27,30-32,34,37-38,40,42-43,45-56H2,1-3H3/b11-8-,12-9-,18-15-,20-17-,24-21-,28-25-,29-26-,35-33-,39-36-,44-41-. The van der Waals surface area contributed by atoms with Gasteiger partial charge in [-0.3, -0.25) is 14.4 Å². The minimum absolute atomic E-state index is 0.117. The van der Waals surface area contributed by atoms with Crippen LogP contribution in [0.1, 0.15) is 220 Å². The summed E-state index contributed by atoms with van der Waals surface area (Å²) in [5, 5.41) is 0. The Labute approximate surface area is 405 Å². The topological polar surface area (TPSA) is 78.9 Å². The van der Waals surface area contributed by atoms with E-state index in [-0.39, 0.29) is 44.0 Å². The van der Waals surface area contributed by atoms with Crippen LogP contribution in [0.5, 0.6) is 0 Å². The molecule has 1 atom stereocenters. The van der Waals surface area contributed by atoms with Crippen LogP contribution in [-0.4, -0.2) is 37.2 Å². The highest BCUT2D eigenvalue weighted by molar-refractivity contribution is 5.71. The molecule has 0 aliphatic rings. The Hall–Kier alpha value is -4.19. The smallest absolute Gasteiger partial charge is 0.306 e. The highest BCUT2D eigenvalue weighted by Gasteiger charge is 2.19. The maximum Gasteiger partial charge on any atom is 0.306 e. The highest BCUT2D eigenvalue weighted by atomic mass is 16.6. The lowest BCUT2D eigenvalue weighted by atomic mass is 10.1. The number of hydrogen-bond donors (Lipinski definition) is 0. The fourth-order valence-electron chi connectivity index (χ4n) is 6.80. The molecule has 1 unspecified atom stereocenters. The Morgan fingerprint density at radius 2 is 0.682 bits per heavy atom. The summed E-state index contributed by atoms with van der Waals surface area (Å²) in [5.74, 6) is -1.02. The molecule has 0 aromatic heterocycles. The van der Waals surface area contributed by atoms with Gasteiger partial charge in [0, 0.05) is 19.3 Å². The molecule has 0 saturated carbocycles. The van der Waals surface area contributed by atoms with Gasteiger partial charge in [-0.1, -0.05) is 213 Å². The lowest BCUT2D eigenvalue weighted by molar-refractivity contribution is -0.167. The van der Waals surface area contributed by atoms with Gasteiger partial charge in [0.25, 0.3) is 0 Å². The predicted molar refractivity (Wildman–Crippen MR) is 283 cm³/mol. The fraction of sp³-hybridized carbons (Fsp3) is 0.617. The Morgan fingerprint density at radius 1 is 0.333 bits per heavy atom. The third-order valence-corrected chi connectivity index (χ3v) is 10.7. The second-order valence-corrected chi connectivity index (χ2v) is 17.1. The largest absolute Gasteiger partial charge is 0.462 e. The molecular formula is C60H96O6. The first kappa shape index (κ1) is 61.8. The molecule has 0 spiro atoms. The van der Waals surface area contributed by atoms with E-state index < -0.39 is 6.10 Å². The van der Waals surface area contributed by atoms with Crippen LogP contribution in [0.3, 0.4) is 0 Å². The molecule has 6 heteroatoms. The average Bonchev–Trinajstić information content (AvgIpc) is 3.31. The van der Waals surface area contributed by atoms with Gasteiger partial charge in [-0.15, -0.1) is 0 Å². The number of ether oxygens (including phenoxy) is 3. The zero-order valence-corrected chi connectivity index (χ0v) is 42.4. The quantitative estimate of drug-likeness (QED) is 0.0199. The molecule has 0 N–H and O–H groups in total. The minimum Gasteiger partial charge on any atom is -0.462 e. The van der Waals surface area contributed by atoms with Crippen LogP contribution >= 0.6 is 0 Å². The van der Waals surface area contributed by atoms with E-state index in [4.69, 9.17) is 14.2 Å². The van der Waals surface area contributed by atoms with Crippen molar-refractivity contribution < 1.29 is 28.6 Å². The third kappa shape index (κ3) is 50.8. The van der Waals surface area contributed by atoms with Gasteiger partial charge in [0.2, 0.25) is 0 Å². The first-order chi connectivity index (χ1) is 32.5. The van der Waals surface area contributed by atoms with E-state index in [1.165, 1.54) is 70.6 Å². The van der Waals surface area contributed by atoms with Crippen molar-refractivity contribution in [2.24, 2.45) is 0 Å². The zero-order valence-electron chi connectivity index (χ0n) is 42.4. The van der Waals surface area contributed by atoms with Crippen molar-refractivity contribution in [2.45, 2.75) is 226 Å². The van der Waals surface area contributed by atoms with Crippen molar-refractivity contribution in [3.05, 3.63) is 122 Å². The van der Waals surface area contributed by atoms with Crippen LogP contribution in [0.4, 0.5) is 0 Å². The predicted octanol–water partition coefficient (Wildman–Crippen LogP) is 17.7. The molecule has 0 radical (unpaired) electrons. The third-order valence-electron chi connectivity index (χ3n) is 10.7. The normalized spacial score (nSPS) is 13.1. The summed E-state index contributed by atoms with van der Waals surface area (Å²) in [6, 6.07) is 0. The van der Waals surface area contributed by atoms with Gasteiger partial charge in [0.1, 0.15) is 13.2 Å². The first-order valence-electron chi connectivity index (χ1n) is 26.6. The fourth-order valence-corrected chi connectivity index (χ4v) is 6.80. The maximum atomic E-state index is 12.8. The van der Waals surface area contributed by atoms with Gasteiger partial charge >= 0.3 is 17.9 Å². The average molecular weight is 913 g/mol. The molecule has 0 rings (SSSR count). The molecule has 0 fully saturated rings. The molecular weight excluding hydrogens is 817 g/mol. The van der Waals surface area contributed by atoms with Crippen LogP contribution in [0, 0.1) is 0 Å². The van der Waals surface area contributed by atoms with Crippen LogP contribution < -0.4 is 0 Å². The SMILES string of the molecule is CC\C=C/C=C\C=C/CCCCCCCCCC(=O)OCC(COC(=O)CCC/C=C\C/C=C\C/C=C\CCCCCCCC)OC(=O)CCCCC/C=C\C/C=C\C/C=C\C/C=C\CC. The second-order valence-electron chi connectivity index (χ2n) is 17.1. The summed E-state index contributed by atoms with van der Waals surface area (Å²) >= 11 is 0. The Morgan fingerprint density at radius 3 is 1.17 bits per heavy atom. The Balaban J connectivity index is 4.56. The number of carbonyl (C=O) groups excluding carboxylic acids is 3. The highest BCUT2D eigenvalue weighted by Crippen LogP contribution is 2.13. The van der Waals surface area contributed by atoms with Crippen LogP contribution in [0.15, 0.2) is 122 Å². The molecule has 0 bridgehead atoms. The number of esters is 3. The number of carbonyl (C=O) groups is 3. The summed E-state index contributed by atoms with van der Waals surface area (Å²) < 4.78 is 16.7. The number of unbranched alkanes of at least 4 members (excludes halogenated alkanes) is 17. The molecule has 0 heterocycles. The Bertz CT molecular complexity index is 1420. The molecule has 372 valence electrons. The van der Waals surface area contributed by atoms with E-state index in [9.17, 15) is 14.4 Å². The van der Waals surface area contributed by atoms with Crippen molar-refractivity contribution in [2.75, 3.05) is 13.2 Å². The maximum absolute atomic E-state index is 12.8. The second kappa shape index (κ2) is 53.4. The van der Waals surface area contributed by atoms with E-state index in [1.807, 2.05) is 0 Å². The van der Waals surface area contributed by atoms with E-state index in [0.29, 0.717) is 19.3 Å².